The molecule has 1 aromatic heterocycles. The first-order valence-corrected chi connectivity index (χ1v) is 9.15. The molecule has 4 nitrogen and oxygen atoms in total. The summed E-state index contributed by atoms with van der Waals surface area (Å²) < 4.78 is 45.0. The van der Waals surface area contributed by atoms with E-state index in [9.17, 15) is 23.1 Å². The van der Waals surface area contributed by atoms with Gasteiger partial charge in [-0.05, 0) is 41.3 Å². The van der Waals surface area contributed by atoms with Crippen LogP contribution in [0, 0.1) is 0 Å². The average molecular weight is 401 g/mol. The number of hydrogen-bond donors (Lipinski definition) is 1. The maximum absolute atomic E-state index is 13.3. The number of halogens is 3. The van der Waals surface area contributed by atoms with Gasteiger partial charge in [-0.2, -0.15) is 13.2 Å². The second kappa shape index (κ2) is 7.40. The standard InChI is InChI=1S/C22H18F3NO3/c23-22(24,25)19-4-2-1-3-17(19)14-7-9-26(10-8-14)13-15-11-21(28)29-20-12-16(27)5-6-18(15)20/h1-7,11-12,27H,8-10,13H2. The highest BCUT2D eigenvalue weighted by Gasteiger charge is 2.34. The number of rotatable bonds is 3. The van der Waals surface area contributed by atoms with Crippen molar-refractivity contribution in [2.45, 2.75) is 19.1 Å². The Bertz CT molecular complexity index is 1150. The first-order valence-electron chi connectivity index (χ1n) is 9.15. The number of benzene rings is 2. The Morgan fingerprint density at radius 3 is 2.62 bits per heavy atom. The third-order valence-corrected chi connectivity index (χ3v) is 5.08. The van der Waals surface area contributed by atoms with Crippen molar-refractivity contribution < 1.29 is 22.7 Å². The summed E-state index contributed by atoms with van der Waals surface area (Å²) in [6.07, 6.45) is -2.10. The van der Waals surface area contributed by atoms with E-state index in [-0.39, 0.29) is 11.3 Å². The van der Waals surface area contributed by atoms with Gasteiger partial charge in [0.2, 0.25) is 0 Å². The molecule has 0 bridgehead atoms. The molecule has 7 heteroatoms. The molecule has 0 unspecified atom stereocenters. The van der Waals surface area contributed by atoms with Gasteiger partial charge in [-0.15, -0.1) is 0 Å². The lowest BCUT2D eigenvalue weighted by atomic mass is 9.94. The Morgan fingerprint density at radius 1 is 1.10 bits per heavy atom. The maximum atomic E-state index is 13.3. The van der Waals surface area contributed by atoms with Gasteiger partial charge in [-0.3, -0.25) is 4.90 Å². The van der Waals surface area contributed by atoms with Crippen molar-refractivity contribution in [2.24, 2.45) is 0 Å². The Balaban J connectivity index is 1.58. The van der Waals surface area contributed by atoms with Gasteiger partial charge in [0.05, 0.1) is 5.56 Å². The van der Waals surface area contributed by atoms with Gasteiger partial charge in [0.25, 0.3) is 0 Å². The minimum absolute atomic E-state index is 0.00618. The molecule has 1 aliphatic heterocycles. The van der Waals surface area contributed by atoms with Crippen molar-refractivity contribution in [1.29, 1.82) is 0 Å². The van der Waals surface area contributed by atoms with E-state index in [0.29, 0.717) is 37.2 Å². The van der Waals surface area contributed by atoms with Crippen molar-refractivity contribution in [3.05, 3.63) is 81.7 Å². The maximum Gasteiger partial charge on any atom is 0.416 e. The van der Waals surface area contributed by atoms with E-state index in [1.807, 2.05) is 6.08 Å². The molecule has 1 aliphatic rings. The molecule has 0 amide bonds. The highest BCUT2D eigenvalue weighted by Crippen LogP contribution is 2.36. The number of hydrogen-bond acceptors (Lipinski definition) is 4. The quantitative estimate of drug-likeness (QED) is 0.640. The van der Waals surface area contributed by atoms with E-state index in [2.05, 4.69) is 4.90 Å². The van der Waals surface area contributed by atoms with Crippen LogP contribution in [-0.2, 0) is 12.7 Å². The number of nitrogens with zero attached hydrogens (tertiary/aromatic N) is 1. The molecule has 2 aromatic carbocycles. The Hall–Kier alpha value is -3.06. The van der Waals surface area contributed by atoms with Crippen LogP contribution in [0.3, 0.4) is 0 Å². The first kappa shape index (κ1) is 19.3. The fourth-order valence-corrected chi connectivity index (χ4v) is 3.70. The number of fused-ring (bicyclic) bond motifs is 1. The predicted octanol–water partition coefficient (Wildman–Crippen LogP) is 4.81. The van der Waals surface area contributed by atoms with Crippen LogP contribution in [0.2, 0.25) is 0 Å². The topological polar surface area (TPSA) is 53.7 Å². The largest absolute Gasteiger partial charge is 0.508 e. The molecule has 0 fully saturated rings. The summed E-state index contributed by atoms with van der Waals surface area (Å²) in [6.45, 7) is 1.50. The van der Waals surface area contributed by atoms with E-state index in [1.165, 1.54) is 30.3 Å². The zero-order valence-corrected chi connectivity index (χ0v) is 15.4. The van der Waals surface area contributed by atoms with Gasteiger partial charge < -0.3 is 9.52 Å². The highest BCUT2D eigenvalue weighted by atomic mass is 19.4. The molecule has 29 heavy (non-hydrogen) atoms. The summed E-state index contributed by atoms with van der Waals surface area (Å²) in [7, 11) is 0. The molecule has 2 heterocycles. The van der Waals surface area contributed by atoms with Crippen molar-refractivity contribution in [3.63, 3.8) is 0 Å². The average Bonchev–Trinajstić information content (AvgIpc) is 2.67. The SMILES string of the molecule is O=c1cc(CN2CC=C(c3ccccc3C(F)(F)F)CC2)c2ccc(O)cc2o1. The Kier molecular flexibility index (Phi) is 4.92. The third-order valence-electron chi connectivity index (χ3n) is 5.08. The number of phenolic OH excluding ortho intramolecular Hbond substituents is 1. The zero-order chi connectivity index (χ0) is 20.6. The Labute approximate surface area is 164 Å². The fraction of sp³-hybridized carbons (Fsp3) is 0.227. The molecule has 0 aliphatic carbocycles. The minimum Gasteiger partial charge on any atom is -0.508 e. The summed E-state index contributed by atoms with van der Waals surface area (Å²) >= 11 is 0. The molecule has 0 saturated carbocycles. The van der Waals surface area contributed by atoms with E-state index in [4.69, 9.17) is 4.42 Å². The third kappa shape index (κ3) is 4.05. The fourth-order valence-electron chi connectivity index (χ4n) is 3.70. The van der Waals surface area contributed by atoms with Crippen LogP contribution in [0.5, 0.6) is 5.75 Å². The summed E-state index contributed by atoms with van der Waals surface area (Å²) in [4.78, 5) is 13.9. The van der Waals surface area contributed by atoms with Crippen LogP contribution in [0.15, 0.2) is 63.8 Å². The van der Waals surface area contributed by atoms with Crippen LogP contribution in [0.4, 0.5) is 13.2 Å². The smallest absolute Gasteiger partial charge is 0.416 e. The van der Waals surface area contributed by atoms with Gasteiger partial charge in [-0.1, -0.05) is 24.3 Å². The van der Waals surface area contributed by atoms with E-state index >= 15 is 0 Å². The number of aromatic hydroxyl groups is 1. The summed E-state index contributed by atoms with van der Waals surface area (Å²) in [5, 5.41) is 10.3. The Morgan fingerprint density at radius 2 is 1.90 bits per heavy atom. The van der Waals surface area contributed by atoms with Gasteiger partial charge in [0, 0.05) is 37.2 Å². The lowest BCUT2D eigenvalue weighted by Crippen LogP contribution is -2.28. The second-order valence-electron chi connectivity index (χ2n) is 7.03. The molecule has 4 rings (SSSR count). The van der Waals surface area contributed by atoms with Crippen LogP contribution in [0.25, 0.3) is 16.5 Å². The number of alkyl halides is 3. The monoisotopic (exact) mass is 401 g/mol. The van der Waals surface area contributed by atoms with E-state index in [0.717, 1.165) is 17.0 Å². The zero-order valence-electron chi connectivity index (χ0n) is 15.4. The van der Waals surface area contributed by atoms with Crippen molar-refractivity contribution >= 4 is 16.5 Å². The summed E-state index contributed by atoms with van der Waals surface area (Å²) in [5.74, 6) is 0.00618. The molecule has 0 spiro atoms. The predicted molar refractivity (Wildman–Crippen MR) is 103 cm³/mol. The van der Waals surface area contributed by atoms with Crippen LogP contribution in [-0.4, -0.2) is 23.1 Å². The second-order valence-corrected chi connectivity index (χ2v) is 7.03. The van der Waals surface area contributed by atoms with Crippen LogP contribution in [0.1, 0.15) is 23.1 Å². The van der Waals surface area contributed by atoms with Crippen LogP contribution < -0.4 is 5.63 Å². The lowest BCUT2D eigenvalue weighted by molar-refractivity contribution is -0.137. The van der Waals surface area contributed by atoms with Crippen molar-refractivity contribution in [1.82, 2.24) is 4.90 Å². The van der Waals surface area contributed by atoms with Gasteiger partial charge >= 0.3 is 11.8 Å². The molecular formula is C22H18F3NO3. The molecule has 1 N–H and O–H groups in total. The van der Waals surface area contributed by atoms with E-state index in [1.54, 1.807) is 12.1 Å². The number of phenols is 1. The molecular weight excluding hydrogens is 383 g/mol. The first-order chi connectivity index (χ1) is 13.8. The normalized spacial score (nSPS) is 15.5. The van der Waals surface area contributed by atoms with E-state index < -0.39 is 17.4 Å². The highest BCUT2D eigenvalue weighted by molar-refractivity contribution is 5.81. The summed E-state index contributed by atoms with van der Waals surface area (Å²) in [5.41, 5.74) is 0.831. The molecule has 150 valence electrons. The van der Waals surface area contributed by atoms with Gasteiger partial charge in [0.15, 0.2) is 0 Å². The van der Waals surface area contributed by atoms with Crippen molar-refractivity contribution in [3.8, 4) is 5.75 Å². The lowest BCUT2D eigenvalue weighted by Gasteiger charge is -2.27. The molecule has 0 radical (unpaired) electrons. The van der Waals surface area contributed by atoms with Gasteiger partial charge in [0.1, 0.15) is 11.3 Å². The van der Waals surface area contributed by atoms with Crippen LogP contribution >= 0.6 is 0 Å². The van der Waals surface area contributed by atoms with Crippen molar-refractivity contribution in [2.75, 3.05) is 13.1 Å². The summed E-state index contributed by atoms with van der Waals surface area (Å²) in [6, 6.07) is 11.6. The van der Waals surface area contributed by atoms with Gasteiger partial charge in [-0.25, -0.2) is 4.79 Å². The minimum atomic E-state index is -4.39. The molecule has 0 atom stereocenters. The molecule has 0 saturated heterocycles. The molecule has 3 aromatic rings.